The maximum atomic E-state index is 12.9. The minimum absolute atomic E-state index is 0.0112. The second-order valence-electron chi connectivity index (χ2n) is 5.72. The van der Waals surface area contributed by atoms with Gasteiger partial charge in [-0.15, -0.1) is 0 Å². The predicted octanol–water partition coefficient (Wildman–Crippen LogP) is 4.37. The van der Waals surface area contributed by atoms with E-state index in [4.69, 9.17) is 11.6 Å². The van der Waals surface area contributed by atoms with Crippen molar-refractivity contribution in [3.63, 3.8) is 0 Å². The summed E-state index contributed by atoms with van der Waals surface area (Å²) in [6.45, 7) is 0. The minimum atomic E-state index is -4.74. The van der Waals surface area contributed by atoms with Crippen LogP contribution in [0.2, 0.25) is 5.15 Å². The third kappa shape index (κ3) is 4.75. The molecule has 1 heterocycles. The molecule has 2 atom stereocenters. The average Bonchev–Trinajstić information content (AvgIpc) is 2.45. The predicted molar refractivity (Wildman–Crippen MR) is 73.4 cm³/mol. The molecule has 24 heavy (non-hydrogen) atoms. The molecule has 0 saturated heterocycles. The van der Waals surface area contributed by atoms with Crippen LogP contribution in [-0.4, -0.2) is 29.3 Å². The first kappa shape index (κ1) is 18.8. The number of hydrogen-bond acceptors (Lipinski definition) is 2. The topological polar surface area (TPSA) is 42.0 Å². The zero-order valence-electron chi connectivity index (χ0n) is 12.1. The van der Waals surface area contributed by atoms with E-state index in [2.05, 4.69) is 10.3 Å². The molecule has 1 aliphatic carbocycles. The van der Waals surface area contributed by atoms with Gasteiger partial charge < -0.3 is 5.32 Å². The Balaban J connectivity index is 2.12. The molecule has 1 amide bonds. The van der Waals surface area contributed by atoms with Gasteiger partial charge in [0, 0.05) is 12.2 Å². The van der Waals surface area contributed by atoms with Gasteiger partial charge >= 0.3 is 12.4 Å². The van der Waals surface area contributed by atoms with Gasteiger partial charge in [0.2, 0.25) is 0 Å². The van der Waals surface area contributed by atoms with E-state index in [-0.39, 0.29) is 10.7 Å². The van der Waals surface area contributed by atoms with Gasteiger partial charge in [0.15, 0.2) is 0 Å². The molecule has 2 rings (SSSR count). The molecule has 134 valence electrons. The standard InChI is InChI=1S/C14H13ClF6N2O/c15-11-2-1-7(6-22-11)12(24)23-10-4-8(13(16,17)18)3-9(5-10)14(19,20)21/h1-2,6,8-10H,3-5H2,(H,23,24). The molecule has 3 nitrogen and oxygen atoms in total. The van der Waals surface area contributed by atoms with Crippen LogP contribution in [0, 0.1) is 11.8 Å². The van der Waals surface area contributed by atoms with E-state index in [9.17, 15) is 31.1 Å². The van der Waals surface area contributed by atoms with E-state index in [1.807, 2.05) is 0 Å². The van der Waals surface area contributed by atoms with Crippen molar-refractivity contribution in [1.29, 1.82) is 0 Å². The van der Waals surface area contributed by atoms with Crippen molar-refractivity contribution in [2.75, 3.05) is 0 Å². The number of amides is 1. The second kappa shape index (κ2) is 6.78. The first-order chi connectivity index (χ1) is 11.0. The van der Waals surface area contributed by atoms with Crippen molar-refractivity contribution in [2.45, 2.75) is 37.7 Å². The largest absolute Gasteiger partial charge is 0.391 e. The molecule has 1 N–H and O–H groups in total. The van der Waals surface area contributed by atoms with Crippen LogP contribution in [0.4, 0.5) is 26.3 Å². The van der Waals surface area contributed by atoms with E-state index in [0.717, 1.165) is 6.20 Å². The quantitative estimate of drug-likeness (QED) is 0.617. The van der Waals surface area contributed by atoms with E-state index >= 15 is 0 Å². The van der Waals surface area contributed by atoms with Gasteiger partial charge in [-0.2, -0.15) is 26.3 Å². The fourth-order valence-corrected chi connectivity index (χ4v) is 2.86. The van der Waals surface area contributed by atoms with E-state index < -0.39 is 55.4 Å². The molecule has 0 spiro atoms. The Morgan fingerprint density at radius 3 is 2.00 bits per heavy atom. The number of nitrogens with one attached hydrogen (secondary N) is 1. The molecule has 0 bridgehead atoms. The van der Waals surface area contributed by atoms with Crippen molar-refractivity contribution < 1.29 is 31.1 Å². The number of rotatable bonds is 2. The third-order valence-corrected chi connectivity index (χ3v) is 4.18. The van der Waals surface area contributed by atoms with Gasteiger partial charge in [-0.1, -0.05) is 11.6 Å². The summed E-state index contributed by atoms with van der Waals surface area (Å²) in [7, 11) is 0. The average molecular weight is 375 g/mol. The van der Waals surface area contributed by atoms with E-state index in [1.165, 1.54) is 12.1 Å². The molecule has 0 aliphatic heterocycles. The summed E-state index contributed by atoms with van der Waals surface area (Å²) in [6, 6.07) is 1.37. The smallest absolute Gasteiger partial charge is 0.349 e. The van der Waals surface area contributed by atoms with Crippen LogP contribution in [-0.2, 0) is 0 Å². The Hall–Kier alpha value is -1.51. The van der Waals surface area contributed by atoms with Crippen LogP contribution in [0.1, 0.15) is 29.6 Å². The first-order valence-electron chi connectivity index (χ1n) is 7.02. The number of halogens is 7. The highest BCUT2D eigenvalue weighted by Crippen LogP contribution is 2.45. The number of carbonyl (C=O) groups excluding carboxylic acids is 1. The number of alkyl halides is 6. The summed E-state index contributed by atoms with van der Waals surface area (Å²) in [4.78, 5) is 15.6. The first-order valence-corrected chi connectivity index (χ1v) is 7.40. The Labute approximate surface area is 138 Å². The number of aromatic nitrogens is 1. The van der Waals surface area contributed by atoms with E-state index in [1.54, 1.807) is 0 Å². The summed E-state index contributed by atoms with van der Waals surface area (Å²) in [6.07, 6.45) is -10.6. The monoisotopic (exact) mass is 374 g/mol. The van der Waals surface area contributed by atoms with Crippen molar-refractivity contribution in [3.8, 4) is 0 Å². The van der Waals surface area contributed by atoms with Gasteiger partial charge in [-0.25, -0.2) is 4.98 Å². The van der Waals surface area contributed by atoms with Gasteiger partial charge in [0.25, 0.3) is 5.91 Å². The summed E-state index contributed by atoms with van der Waals surface area (Å²) < 4.78 is 77.3. The molecule has 0 radical (unpaired) electrons. The van der Waals surface area contributed by atoms with Gasteiger partial charge in [0.1, 0.15) is 5.15 Å². The summed E-state index contributed by atoms with van der Waals surface area (Å²) in [5.41, 5.74) is 0.0112. The number of carbonyl (C=O) groups is 1. The molecule has 1 fully saturated rings. The maximum absolute atomic E-state index is 12.9. The van der Waals surface area contributed by atoms with Crippen LogP contribution >= 0.6 is 11.6 Å². The highest BCUT2D eigenvalue weighted by Gasteiger charge is 2.52. The zero-order valence-corrected chi connectivity index (χ0v) is 12.8. The molecule has 2 unspecified atom stereocenters. The lowest BCUT2D eigenvalue weighted by Crippen LogP contribution is -2.47. The Morgan fingerprint density at radius 1 is 1.04 bits per heavy atom. The fraction of sp³-hybridized carbons (Fsp3) is 0.571. The molecular weight excluding hydrogens is 362 g/mol. The minimum Gasteiger partial charge on any atom is -0.349 e. The second-order valence-corrected chi connectivity index (χ2v) is 6.11. The van der Waals surface area contributed by atoms with Crippen LogP contribution in [0.3, 0.4) is 0 Å². The normalized spacial score (nSPS) is 25.4. The van der Waals surface area contributed by atoms with Crippen LogP contribution in [0.5, 0.6) is 0 Å². The van der Waals surface area contributed by atoms with Crippen molar-refractivity contribution in [3.05, 3.63) is 29.0 Å². The Bertz CT molecular complexity index is 564. The summed E-state index contributed by atoms with van der Waals surface area (Å²) in [5, 5.41) is 2.35. The summed E-state index contributed by atoms with van der Waals surface area (Å²) >= 11 is 5.55. The van der Waals surface area contributed by atoms with Gasteiger partial charge in [-0.05, 0) is 31.4 Å². The molecular formula is C14H13ClF6N2O. The lowest BCUT2D eigenvalue weighted by Gasteiger charge is -2.36. The number of nitrogens with zero attached hydrogens (tertiary/aromatic N) is 1. The fourth-order valence-electron chi connectivity index (χ4n) is 2.75. The summed E-state index contributed by atoms with van der Waals surface area (Å²) in [5.74, 6) is -4.99. The molecule has 1 aromatic heterocycles. The van der Waals surface area contributed by atoms with Crippen molar-refractivity contribution in [2.24, 2.45) is 11.8 Å². The van der Waals surface area contributed by atoms with Crippen molar-refractivity contribution >= 4 is 17.5 Å². The number of hydrogen-bond donors (Lipinski definition) is 1. The zero-order chi connectivity index (χ0) is 18.1. The highest BCUT2D eigenvalue weighted by atomic mass is 35.5. The van der Waals surface area contributed by atoms with Gasteiger partial charge in [-0.3, -0.25) is 4.79 Å². The Morgan fingerprint density at radius 2 is 1.58 bits per heavy atom. The molecule has 10 heteroatoms. The number of pyridine rings is 1. The lowest BCUT2D eigenvalue weighted by molar-refractivity contribution is -0.225. The molecule has 1 aliphatic rings. The maximum Gasteiger partial charge on any atom is 0.391 e. The van der Waals surface area contributed by atoms with E-state index in [0.29, 0.717) is 0 Å². The van der Waals surface area contributed by atoms with Crippen LogP contribution < -0.4 is 5.32 Å². The van der Waals surface area contributed by atoms with Gasteiger partial charge in [0.05, 0.1) is 17.4 Å². The molecule has 1 saturated carbocycles. The highest BCUT2D eigenvalue weighted by molar-refractivity contribution is 6.29. The molecule has 1 aromatic rings. The van der Waals surface area contributed by atoms with Crippen LogP contribution in [0.15, 0.2) is 18.3 Å². The van der Waals surface area contributed by atoms with Crippen LogP contribution in [0.25, 0.3) is 0 Å². The third-order valence-electron chi connectivity index (χ3n) is 3.96. The SMILES string of the molecule is O=C(NC1CC(C(F)(F)F)CC(C(F)(F)F)C1)c1ccc(Cl)nc1. The Kier molecular flexibility index (Phi) is 5.31. The molecule has 0 aromatic carbocycles. The lowest BCUT2D eigenvalue weighted by atomic mass is 9.77. The van der Waals surface area contributed by atoms with Crippen molar-refractivity contribution in [1.82, 2.24) is 10.3 Å².